The Balaban J connectivity index is 2.61. The largest absolute Gasteiger partial charge is 0.481 e. The van der Waals surface area contributed by atoms with Crippen LogP contribution >= 0.6 is 0 Å². The van der Waals surface area contributed by atoms with E-state index in [2.05, 4.69) is 0 Å². The Morgan fingerprint density at radius 1 is 1.53 bits per heavy atom. The fourth-order valence-corrected chi connectivity index (χ4v) is 1.65. The van der Waals surface area contributed by atoms with Crippen molar-refractivity contribution >= 4 is 11.9 Å². The van der Waals surface area contributed by atoms with Gasteiger partial charge in [0.15, 0.2) is 0 Å². The van der Waals surface area contributed by atoms with Gasteiger partial charge in [0.2, 0.25) is 5.91 Å². The highest BCUT2D eigenvalue weighted by molar-refractivity contribution is 5.78. The molecule has 1 saturated heterocycles. The molecular formula is C9H16N2O4. The lowest BCUT2D eigenvalue weighted by molar-refractivity contribution is -0.144. The summed E-state index contributed by atoms with van der Waals surface area (Å²) in [6.45, 7) is 0.721. The molecule has 1 heterocycles. The van der Waals surface area contributed by atoms with Crippen LogP contribution in [0, 0.1) is 5.92 Å². The first-order valence-electron chi connectivity index (χ1n) is 4.84. The molecule has 0 aromatic carbocycles. The molecule has 3 N–H and O–H groups in total. The quantitative estimate of drug-likeness (QED) is 0.621. The van der Waals surface area contributed by atoms with Crippen LogP contribution in [0.2, 0.25) is 0 Å². The van der Waals surface area contributed by atoms with E-state index < -0.39 is 11.9 Å². The van der Waals surface area contributed by atoms with E-state index in [1.165, 1.54) is 4.90 Å². The SMILES string of the molecule is CN(C(=O)CCN)C1COCC1C(=O)O. The monoisotopic (exact) mass is 216 g/mol. The van der Waals surface area contributed by atoms with Crippen molar-refractivity contribution in [1.82, 2.24) is 4.90 Å². The third-order valence-corrected chi connectivity index (χ3v) is 2.62. The van der Waals surface area contributed by atoms with Gasteiger partial charge in [-0.25, -0.2) is 0 Å². The van der Waals surface area contributed by atoms with Gasteiger partial charge < -0.3 is 20.5 Å². The number of hydrogen-bond acceptors (Lipinski definition) is 4. The van der Waals surface area contributed by atoms with Crippen molar-refractivity contribution in [1.29, 1.82) is 0 Å². The van der Waals surface area contributed by atoms with Crippen molar-refractivity contribution in [2.75, 3.05) is 26.8 Å². The van der Waals surface area contributed by atoms with Gasteiger partial charge in [0.05, 0.1) is 19.3 Å². The number of nitrogens with zero attached hydrogens (tertiary/aromatic N) is 1. The van der Waals surface area contributed by atoms with Gasteiger partial charge >= 0.3 is 5.97 Å². The maximum atomic E-state index is 11.5. The van der Waals surface area contributed by atoms with E-state index >= 15 is 0 Å². The fourth-order valence-electron chi connectivity index (χ4n) is 1.65. The van der Waals surface area contributed by atoms with Crippen molar-refractivity contribution in [2.24, 2.45) is 11.7 Å². The van der Waals surface area contributed by atoms with E-state index in [1.54, 1.807) is 7.05 Å². The minimum Gasteiger partial charge on any atom is -0.481 e. The number of carboxylic acid groups (broad SMARTS) is 1. The van der Waals surface area contributed by atoms with Crippen molar-refractivity contribution in [3.63, 3.8) is 0 Å². The minimum absolute atomic E-state index is 0.140. The van der Waals surface area contributed by atoms with Crippen molar-refractivity contribution < 1.29 is 19.4 Å². The smallest absolute Gasteiger partial charge is 0.311 e. The summed E-state index contributed by atoms with van der Waals surface area (Å²) in [5.74, 6) is -1.69. The molecule has 0 aromatic heterocycles. The molecule has 86 valence electrons. The maximum Gasteiger partial charge on any atom is 0.311 e. The van der Waals surface area contributed by atoms with Gasteiger partial charge in [-0.2, -0.15) is 0 Å². The molecule has 2 atom stereocenters. The van der Waals surface area contributed by atoms with Crippen molar-refractivity contribution in [2.45, 2.75) is 12.5 Å². The summed E-state index contributed by atoms with van der Waals surface area (Å²) in [6, 6.07) is -0.374. The number of amides is 1. The van der Waals surface area contributed by atoms with Crippen LogP contribution in [0.3, 0.4) is 0 Å². The number of carboxylic acids is 1. The molecule has 1 amide bonds. The summed E-state index contributed by atoms with van der Waals surface area (Å²) in [5, 5.41) is 8.90. The van der Waals surface area contributed by atoms with Gasteiger partial charge in [-0.15, -0.1) is 0 Å². The molecule has 0 bridgehead atoms. The van der Waals surface area contributed by atoms with Crippen LogP contribution in [-0.4, -0.2) is 54.7 Å². The Labute approximate surface area is 88.0 Å². The molecule has 0 spiro atoms. The molecule has 6 heteroatoms. The van der Waals surface area contributed by atoms with Crippen LogP contribution in [0.5, 0.6) is 0 Å². The van der Waals surface area contributed by atoms with Gasteiger partial charge in [0.25, 0.3) is 0 Å². The van der Waals surface area contributed by atoms with Crippen molar-refractivity contribution in [3.8, 4) is 0 Å². The first kappa shape index (κ1) is 11.9. The second kappa shape index (κ2) is 5.09. The Bertz CT molecular complexity index is 256. The van der Waals surface area contributed by atoms with Crippen LogP contribution in [-0.2, 0) is 14.3 Å². The summed E-state index contributed by atoms with van der Waals surface area (Å²) >= 11 is 0. The first-order valence-corrected chi connectivity index (χ1v) is 4.84. The summed E-state index contributed by atoms with van der Waals surface area (Å²) in [4.78, 5) is 23.8. The predicted molar refractivity (Wildman–Crippen MR) is 52.2 cm³/mol. The summed E-state index contributed by atoms with van der Waals surface area (Å²) < 4.78 is 5.07. The number of likely N-dealkylation sites (N-methyl/N-ethyl adjacent to an activating group) is 1. The van der Waals surface area contributed by atoms with Gasteiger partial charge in [-0.3, -0.25) is 9.59 Å². The molecule has 1 aliphatic rings. The molecule has 1 rings (SSSR count). The average Bonchev–Trinajstić information content (AvgIpc) is 2.65. The molecule has 0 radical (unpaired) electrons. The van der Waals surface area contributed by atoms with E-state index in [1.807, 2.05) is 0 Å². The number of hydrogen-bond donors (Lipinski definition) is 2. The normalized spacial score (nSPS) is 25.2. The Kier molecular flexibility index (Phi) is 4.05. The lowest BCUT2D eigenvalue weighted by Gasteiger charge is -2.26. The lowest BCUT2D eigenvalue weighted by Crippen LogP contribution is -2.44. The molecule has 15 heavy (non-hydrogen) atoms. The summed E-state index contributed by atoms with van der Waals surface area (Å²) in [6.07, 6.45) is 0.235. The number of carbonyl (C=O) groups excluding carboxylic acids is 1. The second-order valence-corrected chi connectivity index (χ2v) is 3.59. The van der Waals surface area contributed by atoms with Crippen LogP contribution in [0.15, 0.2) is 0 Å². The number of nitrogens with two attached hydrogens (primary N) is 1. The average molecular weight is 216 g/mol. The first-order chi connectivity index (χ1) is 7.07. The zero-order valence-electron chi connectivity index (χ0n) is 8.68. The molecule has 1 fully saturated rings. The standard InChI is InChI=1S/C9H16N2O4/c1-11(8(12)2-3-10)7-5-15-4-6(7)9(13)14/h6-7H,2-5,10H2,1H3,(H,13,14). The minimum atomic E-state index is -0.926. The number of aliphatic carboxylic acids is 1. The van der Waals surface area contributed by atoms with Gasteiger partial charge in [-0.1, -0.05) is 0 Å². The van der Waals surface area contributed by atoms with E-state index in [4.69, 9.17) is 15.6 Å². The van der Waals surface area contributed by atoms with E-state index in [9.17, 15) is 9.59 Å². The lowest BCUT2D eigenvalue weighted by atomic mass is 10.0. The number of rotatable bonds is 4. The Hall–Kier alpha value is -1.14. The number of ether oxygens (including phenoxy) is 1. The molecule has 1 aliphatic heterocycles. The third-order valence-electron chi connectivity index (χ3n) is 2.62. The van der Waals surface area contributed by atoms with Gasteiger partial charge in [0.1, 0.15) is 5.92 Å². The van der Waals surface area contributed by atoms with Crippen LogP contribution in [0.1, 0.15) is 6.42 Å². The topological polar surface area (TPSA) is 92.9 Å². The Morgan fingerprint density at radius 2 is 2.20 bits per heavy atom. The molecule has 0 saturated carbocycles. The van der Waals surface area contributed by atoms with Gasteiger partial charge in [0, 0.05) is 20.0 Å². The summed E-state index contributed by atoms with van der Waals surface area (Å²) in [7, 11) is 1.59. The molecule has 2 unspecified atom stereocenters. The highest BCUT2D eigenvalue weighted by Gasteiger charge is 2.38. The predicted octanol–water partition coefficient (Wildman–Crippen LogP) is -1.11. The van der Waals surface area contributed by atoms with E-state index in [-0.39, 0.29) is 38.1 Å². The van der Waals surface area contributed by atoms with Crippen molar-refractivity contribution in [3.05, 3.63) is 0 Å². The summed E-state index contributed by atoms with van der Waals surface area (Å²) in [5.41, 5.74) is 5.27. The number of carbonyl (C=O) groups is 2. The van der Waals surface area contributed by atoms with Crippen LogP contribution in [0.25, 0.3) is 0 Å². The zero-order chi connectivity index (χ0) is 11.4. The van der Waals surface area contributed by atoms with Crippen LogP contribution < -0.4 is 5.73 Å². The highest BCUT2D eigenvalue weighted by atomic mass is 16.5. The molecule has 6 nitrogen and oxygen atoms in total. The molecule has 0 aromatic rings. The van der Waals surface area contributed by atoms with Gasteiger partial charge in [-0.05, 0) is 0 Å². The zero-order valence-corrected chi connectivity index (χ0v) is 8.68. The third kappa shape index (κ3) is 2.66. The maximum absolute atomic E-state index is 11.5. The second-order valence-electron chi connectivity index (χ2n) is 3.59. The fraction of sp³-hybridized carbons (Fsp3) is 0.778. The molecular weight excluding hydrogens is 200 g/mol. The van der Waals surface area contributed by atoms with E-state index in [0.29, 0.717) is 0 Å². The highest BCUT2D eigenvalue weighted by Crippen LogP contribution is 2.19. The Morgan fingerprint density at radius 3 is 2.73 bits per heavy atom. The van der Waals surface area contributed by atoms with E-state index in [0.717, 1.165) is 0 Å². The van der Waals surface area contributed by atoms with Crippen LogP contribution in [0.4, 0.5) is 0 Å². The molecule has 0 aliphatic carbocycles.